The van der Waals surface area contributed by atoms with Crippen LogP contribution in [0.25, 0.3) is 0 Å². The molecule has 5 unspecified atom stereocenters. The van der Waals surface area contributed by atoms with Crippen LogP contribution in [0.2, 0.25) is 0 Å². The Bertz CT molecular complexity index is 431. The molecule has 0 bridgehead atoms. The molecular weight excluding hydrogens is 280 g/mol. The molecule has 1 N–H and O–H groups in total. The lowest BCUT2D eigenvalue weighted by atomic mass is 9.62. The van der Waals surface area contributed by atoms with Crippen molar-refractivity contribution in [1.29, 1.82) is 0 Å². The molecule has 0 saturated heterocycles. The Balaban J connectivity index is 2.11. The van der Waals surface area contributed by atoms with E-state index < -0.39 is 0 Å². The highest BCUT2D eigenvalue weighted by Gasteiger charge is 2.39. The van der Waals surface area contributed by atoms with E-state index >= 15 is 0 Å². The van der Waals surface area contributed by atoms with Crippen molar-refractivity contribution in [2.24, 2.45) is 29.6 Å². The van der Waals surface area contributed by atoms with Gasteiger partial charge in [0.15, 0.2) is 0 Å². The number of rotatable bonds is 6. The van der Waals surface area contributed by atoms with Gasteiger partial charge in [-0.15, -0.1) is 0 Å². The van der Waals surface area contributed by atoms with E-state index in [0.717, 1.165) is 24.2 Å². The molecule has 0 amide bonds. The van der Waals surface area contributed by atoms with Gasteiger partial charge < -0.3 is 5.11 Å². The second kappa shape index (κ2) is 8.51. The van der Waals surface area contributed by atoms with E-state index in [0.29, 0.717) is 11.8 Å². The Morgan fingerprint density at radius 3 is 2.57 bits per heavy atom. The number of aliphatic hydroxyl groups excluding tert-OH is 1. The number of allylic oxidation sites excluding steroid dienone is 2. The van der Waals surface area contributed by atoms with E-state index in [1.807, 2.05) is 0 Å². The van der Waals surface area contributed by atoms with Crippen molar-refractivity contribution in [2.45, 2.75) is 85.7 Å². The Morgan fingerprint density at radius 2 is 1.96 bits per heavy atom. The summed E-state index contributed by atoms with van der Waals surface area (Å²) >= 11 is 0. The predicted octanol–water partition coefficient (Wildman–Crippen LogP) is 6.14. The molecule has 5 atom stereocenters. The van der Waals surface area contributed by atoms with Crippen LogP contribution in [-0.2, 0) is 0 Å². The Morgan fingerprint density at radius 1 is 1.22 bits per heavy atom. The van der Waals surface area contributed by atoms with Crippen LogP contribution in [0.4, 0.5) is 0 Å². The zero-order valence-electron chi connectivity index (χ0n) is 16.0. The smallest absolute Gasteiger partial charge is 0.0794 e. The van der Waals surface area contributed by atoms with Gasteiger partial charge in [-0.3, -0.25) is 0 Å². The van der Waals surface area contributed by atoms with Gasteiger partial charge in [-0.05, 0) is 61.9 Å². The molecule has 0 radical (unpaired) electrons. The van der Waals surface area contributed by atoms with Crippen molar-refractivity contribution in [1.82, 2.24) is 0 Å². The van der Waals surface area contributed by atoms with Gasteiger partial charge in [-0.1, -0.05) is 64.7 Å². The molecule has 0 aromatic carbocycles. The van der Waals surface area contributed by atoms with Crippen LogP contribution in [0.1, 0.15) is 79.6 Å². The first-order valence-corrected chi connectivity index (χ1v) is 10.0. The molecule has 0 spiro atoms. The third kappa shape index (κ3) is 4.72. The van der Waals surface area contributed by atoms with Crippen molar-refractivity contribution in [3.8, 4) is 0 Å². The molecule has 1 fully saturated rings. The molecule has 0 aromatic heterocycles. The quantitative estimate of drug-likeness (QED) is 0.583. The monoisotopic (exact) mass is 318 g/mol. The molecule has 0 heterocycles. The van der Waals surface area contributed by atoms with Crippen LogP contribution < -0.4 is 0 Å². The van der Waals surface area contributed by atoms with Gasteiger partial charge in [0, 0.05) is 5.92 Å². The fraction of sp³-hybridized carbons (Fsp3) is 0.818. The van der Waals surface area contributed by atoms with Gasteiger partial charge in [0.2, 0.25) is 0 Å². The van der Waals surface area contributed by atoms with E-state index in [1.165, 1.54) is 49.7 Å². The summed E-state index contributed by atoms with van der Waals surface area (Å²) < 4.78 is 0. The highest BCUT2D eigenvalue weighted by molar-refractivity contribution is 5.32. The summed E-state index contributed by atoms with van der Waals surface area (Å²) in [4.78, 5) is 0. The topological polar surface area (TPSA) is 20.2 Å². The third-order valence-electron chi connectivity index (χ3n) is 6.30. The summed E-state index contributed by atoms with van der Waals surface area (Å²) in [6.07, 6.45) is 13.2. The molecule has 0 aliphatic heterocycles. The maximum absolute atomic E-state index is 10.9. The highest BCUT2D eigenvalue weighted by atomic mass is 16.3. The Hall–Kier alpha value is -0.560. The van der Waals surface area contributed by atoms with Crippen molar-refractivity contribution in [3.05, 3.63) is 23.3 Å². The first kappa shape index (κ1) is 18.8. The van der Waals surface area contributed by atoms with E-state index in [-0.39, 0.29) is 6.10 Å². The second-order valence-electron chi connectivity index (χ2n) is 8.59. The minimum absolute atomic E-state index is 0.270. The van der Waals surface area contributed by atoms with E-state index in [1.54, 1.807) is 0 Å². The zero-order chi connectivity index (χ0) is 17.0. The Kier molecular flexibility index (Phi) is 6.95. The van der Waals surface area contributed by atoms with Crippen LogP contribution in [0.15, 0.2) is 23.3 Å². The minimum Gasteiger partial charge on any atom is -0.388 e. The maximum Gasteiger partial charge on any atom is 0.0794 e. The first-order chi connectivity index (χ1) is 10.9. The van der Waals surface area contributed by atoms with Crippen molar-refractivity contribution < 1.29 is 5.11 Å². The molecular formula is C22H38O. The van der Waals surface area contributed by atoms with Crippen molar-refractivity contribution >= 4 is 0 Å². The molecule has 23 heavy (non-hydrogen) atoms. The molecule has 2 rings (SSSR count). The van der Waals surface area contributed by atoms with Crippen molar-refractivity contribution in [3.63, 3.8) is 0 Å². The summed E-state index contributed by atoms with van der Waals surface area (Å²) in [5.74, 6) is 3.30. The molecule has 1 saturated carbocycles. The van der Waals surface area contributed by atoms with Gasteiger partial charge in [0.05, 0.1) is 6.10 Å². The standard InChI is InChI=1S/C22H38O/c1-6-7-8-9-18-13-17(5)22(21(23)14-18)20-12-16(4)10-11-19(20)15(2)3/h13-16,19-23H,6-12H2,1-5H3. The summed E-state index contributed by atoms with van der Waals surface area (Å²) in [6, 6.07) is 0. The van der Waals surface area contributed by atoms with E-state index in [4.69, 9.17) is 0 Å². The van der Waals surface area contributed by atoms with Crippen LogP contribution in [0, 0.1) is 29.6 Å². The predicted molar refractivity (Wildman–Crippen MR) is 100 cm³/mol. The summed E-state index contributed by atoms with van der Waals surface area (Å²) in [6.45, 7) is 11.6. The lowest BCUT2D eigenvalue weighted by molar-refractivity contribution is 0.0461. The van der Waals surface area contributed by atoms with E-state index in [2.05, 4.69) is 46.8 Å². The average Bonchev–Trinajstić information content (AvgIpc) is 2.46. The number of hydrogen-bond donors (Lipinski definition) is 1. The van der Waals surface area contributed by atoms with Crippen molar-refractivity contribution in [2.75, 3.05) is 0 Å². The maximum atomic E-state index is 10.9. The number of hydrogen-bond acceptors (Lipinski definition) is 1. The minimum atomic E-state index is -0.270. The van der Waals surface area contributed by atoms with Crippen LogP contribution in [0.5, 0.6) is 0 Å². The lowest BCUT2D eigenvalue weighted by Gasteiger charge is -2.44. The molecule has 2 aliphatic rings. The fourth-order valence-corrected chi connectivity index (χ4v) is 5.04. The molecule has 1 heteroatoms. The average molecular weight is 319 g/mol. The molecule has 132 valence electrons. The van der Waals surface area contributed by atoms with Gasteiger partial charge >= 0.3 is 0 Å². The first-order valence-electron chi connectivity index (χ1n) is 10.0. The molecule has 1 nitrogen and oxygen atoms in total. The Labute approximate surface area is 144 Å². The van der Waals surface area contributed by atoms with Crippen LogP contribution in [-0.4, -0.2) is 11.2 Å². The summed E-state index contributed by atoms with van der Waals surface area (Å²) in [5, 5.41) is 10.9. The van der Waals surface area contributed by atoms with Gasteiger partial charge in [0.25, 0.3) is 0 Å². The lowest BCUT2D eigenvalue weighted by Crippen LogP contribution is -2.39. The van der Waals surface area contributed by atoms with Crippen LogP contribution >= 0.6 is 0 Å². The van der Waals surface area contributed by atoms with Gasteiger partial charge in [0.1, 0.15) is 0 Å². The second-order valence-corrected chi connectivity index (χ2v) is 8.59. The fourth-order valence-electron chi connectivity index (χ4n) is 5.04. The largest absolute Gasteiger partial charge is 0.388 e. The van der Waals surface area contributed by atoms with Crippen LogP contribution in [0.3, 0.4) is 0 Å². The number of aliphatic hydroxyl groups is 1. The number of unbranched alkanes of at least 4 members (excludes halogenated alkanes) is 2. The third-order valence-corrected chi connectivity index (χ3v) is 6.30. The summed E-state index contributed by atoms with van der Waals surface area (Å²) in [7, 11) is 0. The highest BCUT2D eigenvalue weighted by Crippen LogP contribution is 2.46. The normalized spacial score (nSPS) is 35.2. The molecule has 2 aliphatic carbocycles. The molecule has 0 aromatic rings. The van der Waals surface area contributed by atoms with Gasteiger partial charge in [-0.25, -0.2) is 0 Å². The van der Waals surface area contributed by atoms with E-state index in [9.17, 15) is 5.11 Å². The SMILES string of the molecule is CCCCCC1=CC(O)C(C2CC(C)CCC2C(C)C)C(C)=C1. The zero-order valence-corrected chi connectivity index (χ0v) is 16.0. The van der Waals surface area contributed by atoms with Gasteiger partial charge in [-0.2, -0.15) is 0 Å². The summed E-state index contributed by atoms with van der Waals surface area (Å²) in [5.41, 5.74) is 2.79.